The van der Waals surface area contributed by atoms with Crippen LogP contribution in [0.25, 0.3) is 0 Å². The van der Waals surface area contributed by atoms with Crippen molar-refractivity contribution in [2.24, 2.45) is 5.92 Å². The van der Waals surface area contributed by atoms with Crippen molar-refractivity contribution in [3.8, 4) is 0 Å². The molecule has 0 unspecified atom stereocenters. The number of hydrogen-bond donors (Lipinski definition) is 2. The zero-order valence-electron chi connectivity index (χ0n) is 13.9. The Labute approximate surface area is 143 Å². The maximum Gasteiger partial charge on any atom is 0.123 e. The van der Waals surface area contributed by atoms with Crippen LogP contribution in [0.2, 0.25) is 0 Å². The highest BCUT2D eigenvalue weighted by Gasteiger charge is 2.19. The van der Waals surface area contributed by atoms with Gasteiger partial charge in [-0.3, -0.25) is 4.90 Å². The molecule has 24 heavy (non-hydrogen) atoms. The Morgan fingerprint density at radius 3 is 2.62 bits per heavy atom. The number of rotatable bonds is 6. The molecule has 4 heteroatoms. The Hall–Kier alpha value is -1.91. The molecule has 0 radical (unpaired) electrons. The highest BCUT2D eigenvalue weighted by Crippen LogP contribution is 2.22. The average Bonchev–Trinajstić information content (AvgIpc) is 2.62. The molecular weight excluding hydrogens is 303 g/mol. The van der Waals surface area contributed by atoms with Crippen LogP contribution in [0.5, 0.6) is 0 Å². The van der Waals surface area contributed by atoms with Crippen molar-refractivity contribution >= 4 is 5.69 Å². The molecule has 1 fully saturated rings. The Kier molecular flexibility index (Phi) is 5.83. The lowest BCUT2D eigenvalue weighted by Crippen LogP contribution is -2.34. The first-order chi connectivity index (χ1) is 11.7. The monoisotopic (exact) mass is 328 g/mol. The van der Waals surface area contributed by atoms with Crippen LogP contribution in [0.3, 0.4) is 0 Å². The van der Waals surface area contributed by atoms with Gasteiger partial charge in [0.25, 0.3) is 0 Å². The van der Waals surface area contributed by atoms with Crippen molar-refractivity contribution in [3.63, 3.8) is 0 Å². The number of aliphatic hydroxyl groups is 1. The van der Waals surface area contributed by atoms with Crippen LogP contribution < -0.4 is 5.32 Å². The molecular formula is C20H25FN2O. The number of likely N-dealkylation sites (tertiary alicyclic amines) is 1. The van der Waals surface area contributed by atoms with E-state index in [1.54, 1.807) is 12.1 Å². The lowest BCUT2D eigenvalue weighted by Gasteiger charge is -2.31. The number of nitrogens with zero attached hydrogens (tertiary/aromatic N) is 1. The number of halogens is 1. The van der Waals surface area contributed by atoms with E-state index in [4.69, 9.17) is 0 Å². The normalized spacial score (nSPS) is 16.2. The van der Waals surface area contributed by atoms with Crippen LogP contribution in [-0.2, 0) is 13.1 Å². The Morgan fingerprint density at radius 1 is 1.08 bits per heavy atom. The van der Waals surface area contributed by atoms with Gasteiger partial charge in [0, 0.05) is 25.4 Å². The number of piperidine rings is 1. The van der Waals surface area contributed by atoms with Crippen molar-refractivity contribution in [1.82, 2.24) is 4.90 Å². The summed E-state index contributed by atoms with van der Waals surface area (Å²) >= 11 is 0. The second kappa shape index (κ2) is 8.27. The Balaban J connectivity index is 1.61. The topological polar surface area (TPSA) is 35.5 Å². The number of benzene rings is 2. The summed E-state index contributed by atoms with van der Waals surface area (Å²) in [5.41, 5.74) is 3.30. The number of para-hydroxylation sites is 1. The molecule has 128 valence electrons. The van der Waals surface area contributed by atoms with Gasteiger partial charge in [-0.05, 0) is 61.2 Å². The standard InChI is InChI=1S/C20H25FN2O/c21-19-6-3-4-17(12-19)13-22-20-7-2-1-5-18(20)14-23-10-8-16(15-24)9-11-23/h1-7,12,16,22,24H,8-11,13-15H2. The van der Waals surface area contributed by atoms with E-state index in [0.717, 1.165) is 43.7 Å². The second-order valence-electron chi connectivity index (χ2n) is 6.54. The smallest absolute Gasteiger partial charge is 0.123 e. The first-order valence-electron chi connectivity index (χ1n) is 8.64. The summed E-state index contributed by atoms with van der Waals surface area (Å²) in [5, 5.41) is 12.7. The van der Waals surface area contributed by atoms with Gasteiger partial charge >= 0.3 is 0 Å². The molecule has 0 amide bonds. The van der Waals surface area contributed by atoms with E-state index in [9.17, 15) is 9.50 Å². The van der Waals surface area contributed by atoms with Gasteiger partial charge in [0.05, 0.1) is 0 Å². The van der Waals surface area contributed by atoms with Crippen molar-refractivity contribution in [2.45, 2.75) is 25.9 Å². The molecule has 0 saturated carbocycles. The van der Waals surface area contributed by atoms with E-state index >= 15 is 0 Å². The van der Waals surface area contributed by atoms with Crippen LogP contribution in [0, 0.1) is 11.7 Å². The summed E-state index contributed by atoms with van der Waals surface area (Å²) in [6.07, 6.45) is 2.13. The molecule has 3 rings (SSSR count). The summed E-state index contributed by atoms with van der Waals surface area (Å²) in [4.78, 5) is 2.44. The minimum absolute atomic E-state index is 0.200. The van der Waals surface area contributed by atoms with Crippen LogP contribution in [0.4, 0.5) is 10.1 Å². The molecule has 1 heterocycles. The predicted molar refractivity (Wildman–Crippen MR) is 95.3 cm³/mol. The minimum Gasteiger partial charge on any atom is -0.396 e. The van der Waals surface area contributed by atoms with E-state index in [2.05, 4.69) is 28.4 Å². The fourth-order valence-electron chi connectivity index (χ4n) is 3.24. The van der Waals surface area contributed by atoms with Crippen molar-refractivity contribution in [1.29, 1.82) is 0 Å². The maximum absolute atomic E-state index is 13.3. The van der Waals surface area contributed by atoms with Gasteiger partial charge in [-0.15, -0.1) is 0 Å². The Bertz CT molecular complexity index is 654. The van der Waals surface area contributed by atoms with Crippen LogP contribution in [0.1, 0.15) is 24.0 Å². The predicted octanol–water partition coefficient (Wildman–Crippen LogP) is 3.64. The van der Waals surface area contributed by atoms with Gasteiger partial charge in [0.1, 0.15) is 5.82 Å². The quantitative estimate of drug-likeness (QED) is 0.850. The number of aliphatic hydroxyl groups excluding tert-OH is 1. The largest absolute Gasteiger partial charge is 0.396 e. The van der Waals surface area contributed by atoms with Crippen molar-refractivity contribution in [2.75, 3.05) is 25.0 Å². The van der Waals surface area contributed by atoms with E-state index in [1.807, 2.05) is 12.1 Å². The van der Waals surface area contributed by atoms with Gasteiger partial charge in [-0.1, -0.05) is 30.3 Å². The summed E-state index contributed by atoms with van der Waals surface area (Å²) in [5.74, 6) is 0.261. The SMILES string of the molecule is OCC1CCN(Cc2ccccc2NCc2cccc(F)c2)CC1. The fraction of sp³-hybridized carbons (Fsp3) is 0.400. The molecule has 1 saturated heterocycles. The Morgan fingerprint density at radius 2 is 1.88 bits per heavy atom. The summed E-state index contributed by atoms with van der Waals surface area (Å²) < 4.78 is 13.3. The highest BCUT2D eigenvalue weighted by molar-refractivity contribution is 5.51. The summed E-state index contributed by atoms with van der Waals surface area (Å²) in [6, 6.07) is 15.0. The zero-order valence-corrected chi connectivity index (χ0v) is 13.9. The second-order valence-corrected chi connectivity index (χ2v) is 6.54. The molecule has 0 bridgehead atoms. The molecule has 1 aliphatic heterocycles. The minimum atomic E-state index is -0.200. The van der Waals surface area contributed by atoms with Crippen molar-refractivity contribution < 1.29 is 9.50 Å². The molecule has 0 atom stereocenters. The molecule has 0 aromatic heterocycles. The number of hydrogen-bond acceptors (Lipinski definition) is 3. The third-order valence-corrected chi connectivity index (χ3v) is 4.75. The highest BCUT2D eigenvalue weighted by atomic mass is 19.1. The molecule has 2 aromatic rings. The van der Waals surface area contributed by atoms with Gasteiger partial charge < -0.3 is 10.4 Å². The average molecular weight is 328 g/mol. The first kappa shape index (κ1) is 16.9. The fourth-order valence-corrected chi connectivity index (χ4v) is 3.24. The lowest BCUT2D eigenvalue weighted by molar-refractivity contribution is 0.127. The summed E-state index contributed by atoms with van der Waals surface area (Å²) in [6.45, 7) is 3.89. The molecule has 1 aliphatic rings. The molecule has 2 aromatic carbocycles. The summed E-state index contributed by atoms with van der Waals surface area (Å²) in [7, 11) is 0. The van der Waals surface area contributed by atoms with Gasteiger partial charge in [0.15, 0.2) is 0 Å². The third kappa shape index (κ3) is 4.56. The number of nitrogens with one attached hydrogen (secondary N) is 1. The molecule has 0 spiro atoms. The van der Waals surface area contributed by atoms with Crippen LogP contribution >= 0.6 is 0 Å². The zero-order chi connectivity index (χ0) is 16.8. The van der Waals surface area contributed by atoms with Gasteiger partial charge in [-0.2, -0.15) is 0 Å². The van der Waals surface area contributed by atoms with E-state index in [1.165, 1.54) is 11.6 Å². The van der Waals surface area contributed by atoms with Gasteiger partial charge in [-0.25, -0.2) is 4.39 Å². The van der Waals surface area contributed by atoms with Crippen molar-refractivity contribution in [3.05, 3.63) is 65.5 Å². The first-order valence-corrected chi connectivity index (χ1v) is 8.64. The molecule has 2 N–H and O–H groups in total. The van der Waals surface area contributed by atoms with E-state index in [0.29, 0.717) is 19.1 Å². The van der Waals surface area contributed by atoms with Crippen LogP contribution in [0.15, 0.2) is 48.5 Å². The van der Waals surface area contributed by atoms with Crippen LogP contribution in [-0.4, -0.2) is 29.7 Å². The maximum atomic E-state index is 13.3. The third-order valence-electron chi connectivity index (χ3n) is 4.75. The lowest BCUT2D eigenvalue weighted by atomic mass is 9.97. The molecule has 0 aliphatic carbocycles. The number of anilines is 1. The van der Waals surface area contributed by atoms with E-state index in [-0.39, 0.29) is 5.82 Å². The molecule has 3 nitrogen and oxygen atoms in total. The van der Waals surface area contributed by atoms with E-state index < -0.39 is 0 Å². The van der Waals surface area contributed by atoms with Gasteiger partial charge in [0.2, 0.25) is 0 Å².